The van der Waals surface area contributed by atoms with E-state index in [2.05, 4.69) is 25.2 Å². The minimum absolute atomic E-state index is 0.0264. The van der Waals surface area contributed by atoms with Gasteiger partial charge < -0.3 is 14.8 Å². The summed E-state index contributed by atoms with van der Waals surface area (Å²) in [5.41, 5.74) is -0.666. The summed E-state index contributed by atoms with van der Waals surface area (Å²) in [6.07, 6.45) is -5.80. The van der Waals surface area contributed by atoms with Crippen LogP contribution in [-0.4, -0.2) is 21.4 Å². The Morgan fingerprint density at radius 3 is 2.29 bits per heavy atom. The van der Waals surface area contributed by atoms with Crippen molar-refractivity contribution < 1.29 is 22.7 Å². The first-order valence-electron chi connectivity index (χ1n) is 9.00. The maximum absolute atomic E-state index is 13.5. The molecule has 0 amide bonds. The molecule has 3 rings (SSSR count). The Bertz CT molecular complexity index is 1170. The number of aromatic nitrogens is 2. The fourth-order valence-electron chi connectivity index (χ4n) is 3.02. The third-order valence-corrected chi connectivity index (χ3v) is 4.59. The molecule has 2 N–H and O–H groups in total. The van der Waals surface area contributed by atoms with Crippen LogP contribution in [0.5, 0.6) is 0 Å². The first-order chi connectivity index (χ1) is 14.7. The number of nitrogens with zero attached hydrogens (tertiary/aromatic N) is 4. The Morgan fingerprint density at radius 2 is 1.74 bits per heavy atom. The molecule has 0 unspecified atom stereocenters. The predicted octanol–water partition coefficient (Wildman–Crippen LogP) is 5.70. The smallest absolute Gasteiger partial charge is 0.407 e. The van der Waals surface area contributed by atoms with E-state index < -0.39 is 29.6 Å². The van der Waals surface area contributed by atoms with E-state index in [0.29, 0.717) is 11.3 Å². The molecule has 0 radical (unpaired) electrons. The summed E-state index contributed by atoms with van der Waals surface area (Å²) in [4.78, 5) is 6.25. The zero-order valence-electron chi connectivity index (χ0n) is 16.4. The van der Waals surface area contributed by atoms with Gasteiger partial charge in [-0.25, -0.2) is 9.69 Å². The number of anilines is 1. The van der Waals surface area contributed by atoms with Gasteiger partial charge in [0.05, 0.1) is 24.8 Å². The van der Waals surface area contributed by atoms with Crippen molar-refractivity contribution >= 4 is 17.1 Å². The van der Waals surface area contributed by atoms with Crippen LogP contribution in [0.1, 0.15) is 30.0 Å². The molecule has 0 saturated carbocycles. The van der Waals surface area contributed by atoms with Gasteiger partial charge in [-0.15, -0.1) is 10.2 Å². The van der Waals surface area contributed by atoms with E-state index in [-0.39, 0.29) is 23.0 Å². The third kappa shape index (κ3) is 4.49. The molecular weight excluding hydrogens is 411 g/mol. The molecule has 0 aliphatic rings. The van der Waals surface area contributed by atoms with Gasteiger partial charge in [-0.2, -0.15) is 13.2 Å². The molecule has 1 aromatic heterocycles. The van der Waals surface area contributed by atoms with E-state index in [4.69, 9.17) is 17.6 Å². The predicted molar refractivity (Wildman–Crippen MR) is 106 cm³/mol. The first-order valence-corrected chi connectivity index (χ1v) is 9.00. The highest BCUT2D eigenvalue weighted by Crippen LogP contribution is 2.42. The van der Waals surface area contributed by atoms with E-state index in [1.165, 1.54) is 19.9 Å². The van der Waals surface area contributed by atoms with Crippen molar-refractivity contribution in [1.29, 1.82) is 0 Å². The van der Waals surface area contributed by atoms with Crippen LogP contribution in [0.4, 0.5) is 30.2 Å². The van der Waals surface area contributed by atoms with Crippen molar-refractivity contribution in [3.05, 3.63) is 76.3 Å². The number of aliphatic hydroxyl groups is 1. The molecule has 158 valence electrons. The number of hydrogen-bond acceptors (Lipinski definition) is 5. The molecule has 0 fully saturated rings. The molecule has 0 saturated heterocycles. The summed E-state index contributed by atoms with van der Waals surface area (Å²) >= 11 is 0. The molecule has 1 heterocycles. The number of nitrogens with one attached hydrogen (secondary N) is 1. The van der Waals surface area contributed by atoms with Gasteiger partial charge in [-0.1, -0.05) is 30.3 Å². The van der Waals surface area contributed by atoms with Crippen LogP contribution < -0.4 is 5.32 Å². The molecular formula is C21H16F3N5O2. The molecule has 0 spiro atoms. The Morgan fingerprint density at radius 1 is 1.06 bits per heavy atom. The zero-order chi connectivity index (χ0) is 22.8. The minimum atomic E-state index is -4.71. The minimum Gasteiger partial charge on any atom is -0.418 e. The molecule has 0 aliphatic heterocycles. The van der Waals surface area contributed by atoms with Crippen LogP contribution in [0, 0.1) is 20.1 Å². The number of alkyl halides is 3. The number of aliphatic hydroxyl groups excluding tert-OH is 1. The second-order valence-electron chi connectivity index (χ2n) is 6.71. The van der Waals surface area contributed by atoms with Crippen molar-refractivity contribution in [3.63, 3.8) is 0 Å². The lowest BCUT2D eigenvalue weighted by atomic mass is 10.0. The van der Waals surface area contributed by atoms with E-state index in [1.807, 2.05) is 0 Å². The van der Waals surface area contributed by atoms with Crippen molar-refractivity contribution in [2.75, 3.05) is 5.32 Å². The monoisotopic (exact) mass is 427 g/mol. The van der Waals surface area contributed by atoms with Crippen LogP contribution in [0.15, 0.2) is 40.8 Å². The maximum Gasteiger partial charge on any atom is 0.407 e. The topological polar surface area (TPSA) is 79.9 Å². The number of halogens is 3. The van der Waals surface area contributed by atoms with Crippen molar-refractivity contribution in [3.8, 4) is 11.5 Å². The van der Waals surface area contributed by atoms with Crippen molar-refractivity contribution in [2.24, 2.45) is 0 Å². The highest BCUT2D eigenvalue weighted by atomic mass is 19.4. The third-order valence-electron chi connectivity index (χ3n) is 4.59. The van der Waals surface area contributed by atoms with Crippen LogP contribution >= 0.6 is 0 Å². The van der Waals surface area contributed by atoms with E-state index in [9.17, 15) is 18.3 Å². The summed E-state index contributed by atoms with van der Waals surface area (Å²) in [7, 11) is 0. The van der Waals surface area contributed by atoms with Gasteiger partial charge >= 0.3 is 6.18 Å². The largest absolute Gasteiger partial charge is 0.418 e. The molecule has 0 aliphatic carbocycles. The molecule has 10 heteroatoms. The number of benzene rings is 2. The number of rotatable bonds is 5. The fourth-order valence-corrected chi connectivity index (χ4v) is 3.02. The average Bonchev–Trinajstić information content (AvgIpc) is 3.21. The summed E-state index contributed by atoms with van der Waals surface area (Å²) in [6.45, 7) is 16.7. The first kappa shape index (κ1) is 21.8. The SMILES string of the molecule is [C-]#[N+]c1ccc(-c2nnc([C@H](Nc3ccc([N+]#[C-])c(C(F)(F)F)c3C)[C@H](C)O)o2)cc1. The average molecular weight is 427 g/mol. The summed E-state index contributed by atoms with van der Waals surface area (Å²) < 4.78 is 46.0. The van der Waals surface area contributed by atoms with Crippen LogP contribution in [0.2, 0.25) is 0 Å². The highest BCUT2D eigenvalue weighted by Gasteiger charge is 2.36. The lowest BCUT2D eigenvalue weighted by Crippen LogP contribution is -2.24. The van der Waals surface area contributed by atoms with Gasteiger partial charge in [0.2, 0.25) is 11.8 Å². The molecule has 2 aromatic carbocycles. The van der Waals surface area contributed by atoms with E-state index in [0.717, 1.165) is 6.07 Å². The number of hydrogen-bond donors (Lipinski definition) is 2. The maximum atomic E-state index is 13.5. The van der Waals surface area contributed by atoms with E-state index >= 15 is 0 Å². The Kier molecular flexibility index (Phi) is 5.95. The quantitative estimate of drug-likeness (QED) is 0.511. The van der Waals surface area contributed by atoms with Gasteiger partial charge in [0.1, 0.15) is 6.04 Å². The lowest BCUT2D eigenvalue weighted by molar-refractivity contribution is -0.137. The van der Waals surface area contributed by atoms with Gasteiger partial charge in [0.25, 0.3) is 0 Å². The Labute approximate surface area is 175 Å². The fraction of sp³-hybridized carbons (Fsp3) is 0.238. The second kappa shape index (κ2) is 8.46. The zero-order valence-corrected chi connectivity index (χ0v) is 16.4. The van der Waals surface area contributed by atoms with Gasteiger partial charge in [-0.3, -0.25) is 0 Å². The Balaban J connectivity index is 1.95. The second-order valence-corrected chi connectivity index (χ2v) is 6.71. The molecule has 3 aromatic rings. The molecule has 0 bridgehead atoms. The summed E-state index contributed by atoms with van der Waals surface area (Å²) in [5.74, 6) is 0.108. The standard InChI is InChI=1S/C21H16F3N5O2/c1-11-15(9-10-16(26-4)17(11)21(22,23)24)27-18(12(2)30)20-29-28-19(31-20)13-5-7-14(25-3)8-6-13/h5-10,12,18,27,30H,1-2H3/t12-,18+/m0/s1. The summed E-state index contributed by atoms with van der Waals surface area (Å²) in [5, 5.41) is 20.9. The van der Waals surface area contributed by atoms with Gasteiger partial charge in [0, 0.05) is 11.3 Å². The Hall–Kier alpha value is -3.89. The van der Waals surface area contributed by atoms with Gasteiger partial charge in [0.15, 0.2) is 11.4 Å². The van der Waals surface area contributed by atoms with Crippen molar-refractivity contribution in [2.45, 2.75) is 32.2 Å². The molecule has 2 atom stereocenters. The van der Waals surface area contributed by atoms with Crippen LogP contribution in [0.25, 0.3) is 21.1 Å². The normalized spacial score (nSPS) is 13.2. The highest BCUT2D eigenvalue weighted by molar-refractivity contribution is 5.67. The summed E-state index contributed by atoms with van der Waals surface area (Å²) in [6, 6.07) is 7.82. The van der Waals surface area contributed by atoms with Crippen molar-refractivity contribution in [1.82, 2.24) is 10.2 Å². The lowest BCUT2D eigenvalue weighted by Gasteiger charge is -2.22. The van der Waals surface area contributed by atoms with Gasteiger partial charge in [-0.05, 0) is 25.5 Å². The molecule has 7 nitrogen and oxygen atoms in total. The van der Waals surface area contributed by atoms with Crippen LogP contribution in [-0.2, 0) is 6.18 Å². The van der Waals surface area contributed by atoms with E-state index in [1.54, 1.807) is 24.3 Å². The van der Waals surface area contributed by atoms with Crippen LogP contribution in [0.3, 0.4) is 0 Å². The molecule has 31 heavy (non-hydrogen) atoms.